The van der Waals surface area contributed by atoms with E-state index in [0.29, 0.717) is 13.0 Å². The van der Waals surface area contributed by atoms with Gasteiger partial charge in [0.2, 0.25) is 5.91 Å². The molecule has 1 atom stereocenters. The highest BCUT2D eigenvalue weighted by Crippen LogP contribution is 2.11. The highest BCUT2D eigenvalue weighted by atomic mass is 16.1. The Bertz CT molecular complexity index is 550. The van der Waals surface area contributed by atoms with Gasteiger partial charge >= 0.3 is 0 Å². The standard InChI is InChI=1S/C15H21N5O/c1-2-3-13(16)8-15(21)19-14-6-4-12(5-7-14)9-20-11-17-10-18-20/h4-7,10-11,13H,2-3,8-9,16H2,1H3,(H,19,21). The van der Waals surface area contributed by atoms with Crippen molar-refractivity contribution < 1.29 is 4.79 Å². The van der Waals surface area contributed by atoms with E-state index in [1.807, 2.05) is 24.3 Å². The summed E-state index contributed by atoms with van der Waals surface area (Å²) in [5.74, 6) is -0.0417. The van der Waals surface area contributed by atoms with E-state index in [1.54, 1.807) is 11.0 Å². The van der Waals surface area contributed by atoms with Crippen LogP contribution in [0.3, 0.4) is 0 Å². The molecule has 1 aromatic carbocycles. The molecule has 1 amide bonds. The van der Waals surface area contributed by atoms with Crippen molar-refractivity contribution in [1.82, 2.24) is 14.8 Å². The van der Waals surface area contributed by atoms with E-state index in [-0.39, 0.29) is 11.9 Å². The molecule has 0 aliphatic heterocycles. The van der Waals surface area contributed by atoms with Crippen LogP contribution in [0.5, 0.6) is 0 Å². The first-order valence-corrected chi connectivity index (χ1v) is 7.14. The van der Waals surface area contributed by atoms with Crippen molar-refractivity contribution in [2.45, 2.75) is 38.8 Å². The molecule has 0 radical (unpaired) electrons. The number of rotatable bonds is 7. The SMILES string of the molecule is CCCC(N)CC(=O)Nc1ccc(Cn2cncn2)cc1. The molecule has 0 saturated heterocycles. The lowest BCUT2D eigenvalue weighted by Crippen LogP contribution is -2.26. The molecule has 0 aliphatic rings. The fraction of sp³-hybridized carbons (Fsp3) is 0.400. The van der Waals surface area contributed by atoms with Crippen molar-refractivity contribution in [3.05, 3.63) is 42.5 Å². The topological polar surface area (TPSA) is 85.8 Å². The first-order chi connectivity index (χ1) is 10.2. The van der Waals surface area contributed by atoms with Gasteiger partial charge in [-0.1, -0.05) is 25.5 Å². The lowest BCUT2D eigenvalue weighted by atomic mass is 10.1. The van der Waals surface area contributed by atoms with Gasteiger partial charge in [0.05, 0.1) is 6.54 Å². The van der Waals surface area contributed by atoms with E-state index in [4.69, 9.17) is 5.73 Å². The second-order valence-corrected chi connectivity index (χ2v) is 5.09. The molecule has 2 rings (SSSR count). The van der Waals surface area contributed by atoms with E-state index in [0.717, 1.165) is 24.1 Å². The largest absolute Gasteiger partial charge is 0.327 e. The maximum absolute atomic E-state index is 11.8. The number of carbonyl (C=O) groups excluding carboxylic acids is 1. The van der Waals surface area contributed by atoms with E-state index in [9.17, 15) is 4.79 Å². The molecule has 0 spiro atoms. The fourth-order valence-corrected chi connectivity index (χ4v) is 2.12. The number of anilines is 1. The van der Waals surface area contributed by atoms with Crippen LogP contribution in [0.15, 0.2) is 36.9 Å². The third kappa shape index (κ3) is 5.00. The van der Waals surface area contributed by atoms with Crippen molar-refractivity contribution in [3.8, 4) is 0 Å². The highest BCUT2D eigenvalue weighted by molar-refractivity contribution is 5.91. The van der Waals surface area contributed by atoms with Gasteiger partial charge in [0.1, 0.15) is 12.7 Å². The molecule has 0 aliphatic carbocycles. The Kier molecular flexibility index (Phi) is 5.45. The van der Waals surface area contributed by atoms with Crippen LogP contribution < -0.4 is 11.1 Å². The highest BCUT2D eigenvalue weighted by Gasteiger charge is 2.08. The third-order valence-corrected chi connectivity index (χ3v) is 3.16. The summed E-state index contributed by atoms with van der Waals surface area (Å²) in [5.41, 5.74) is 7.74. The van der Waals surface area contributed by atoms with Crippen LogP contribution in [0.25, 0.3) is 0 Å². The number of amides is 1. The van der Waals surface area contributed by atoms with Gasteiger partial charge in [-0.2, -0.15) is 5.10 Å². The molecule has 1 aromatic heterocycles. The quantitative estimate of drug-likeness (QED) is 0.813. The van der Waals surface area contributed by atoms with E-state index >= 15 is 0 Å². The Morgan fingerprint density at radius 3 is 2.76 bits per heavy atom. The zero-order valence-electron chi connectivity index (χ0n) is 12.2. The second kappa shape index (κ2) is 7.54. The number of benzene rings is 1. The van der Waals surface area contributed by atoms with Gasteiger partial charge in [0, 0.05) is 18.2 Å². The van der Waals surface area contributed by atoms with Gasteiger partial charge < -0.3 is 11.1 Å². The minimum absolute atomic E-state index is 0.0417. The van der Waals surface area contributed by atoms with Crippen LogP contribution in [0.4, 0.5) is 5.69 Å². The van der Waals surface area contributed by atoms with Gasteiger partial charge in [0.25, 0.3) is 0 Å². The smallest absolute Gasteiger partial charge is 0.225 e. The Morgan fingerprint density at radius 2 is 2.14 bits per heavy atom. The molecule has 2 aromatic rings. The Hall–Kier alpha value is -2.21. The van der Waals surface area contributed by atoms with Crippen molar-refractivity contribution in [2.75, 3.05) is 5.32 Å². The van der Waals surface area contributed by atoms with Crippen LogP contribution in [-0.2, 0) is 11.3 Å². The van der Waals surface area contributed by atoms with Crippen LogP contribution in [0.1, 0.15) is 31.7 Å². The lowest BCUT2D eigenvalue weighted by Gasteiger charge is -2.11. The summed E-state index contributed by atoms with van der Waals surface area (Å²) in [6.07, 6.45) is 5.39. The lowest BCUT2D eigenvalue weighted by molar-refractivity contribution is -0.116. The predicted octanol–water partition coefficient (Wildman–Crippen LogP) is 1.78. The molecule has 3 N–H and O–H groups in total. The number of nitrogens with zero attached hydrogens (tertiary/aromatic N) is 3. The molecule has 1 unspecified atom stereocenters. The van der Waals surface area contributed by atoms with E-state index in [1.165, 1.54) is 6.33 Å². The van der Waals surface area contributed by atoms with Crippen molar-refractivity contribution >= 4 is 11.6 Å². The molecule has 21 heavy (non-hydrogen) atoms. The summed E-state index contributed by atoms with van der Waals surface area (Å²) in [6.45, 7) is 2.72. The van der Waals surface area contributed by atoms with Crippen LogP contribution in [0.2, 0.25) is 0 Å². The number of nitrogens with one attached hydrogen (secondary N) is 1. The molecule has 6 heteroatoms. The van der Waals surface area contributed by atoms with Crippen molar-refractivity contribution in [1.29, 1.82) is 0 Å². The summed E-state index contributed by atoms with van der Waals surface area (Å²) in [7, 11) is 0. The zero-order valence-corrected chi connectivity index (χ0v) is 12.2. The summed E-state index contributed by atoms with van der Waals surface area (Å²) >= 11 is 0. The molecule has 1 heterocycles. The normalized spacial score (nSPS) is 12.1. The molecular weight excluding hydrogens is 266 g/mol. The van der Waals surface area contributed by atoms with Gasteiger partial charge in [0.15, 0.2) is 0 Å². The van der Waals surface area contributed by atoms with Crippen LogP contribution >= 0.6 is 0 Å². The molecule has 0 bridgehead atoms. The molecular formula is C15H21N5O. The first-order valence-electron chi connectivity index (χ1n) is 7.14. The predicted molar refractivity (Wildman–Crippen MR) is 81.7 cm³/mol. The zero-order chi connectivity index (χ0) is 15.1. The van der Waals surface area contributed by atoms with Gasteiger partial charge in [-0.15, -0.1) is 0 Å². The summed E-state index contributed by atoms with van der Waals surface area (Å²) in [4.78, 5) is 15.7. The maximum Gasteiger partial charge on any atom is 0.225 e. The van der Waals surface area contributed by atoms with E-state index in [2.05, 4.69) is 22.3 Å². The monoisotopic (exact) mass is 287 g/mol. The van der Waals surface area contributed by atoms with Gasteiger partial charge in [-0.05, 0) is 24.1 Å². The van der Waals surface area contributed by atoms with Crippen molar-refractivity contribution in [3.63, 3.8) is 0 Å². The minimum Gasteiger partial charge on any atom is -0.327 e. The van der Waals surface area contributed by atoms with Gasteiger partial charge in [-0.25, -0.2) is 9.67 Å². The summed E-state index contributed by atoms with van der Waals surface area (Å²) in [6, 6.07) is 7.62. The summed E-state index contributed by atoms with van der Waals surface area (Å²) in [5, 5.41) is 6.92. The number of nitrogens with two attached hydrogens (primary N) is 1. The number of aromatic nitrogens is 3. The fourth-order valence-electron chi connectivity index (χ4n) is 2.12. The maximum atomic E-state index is 11.8. The first kappa shape index (κ1) is 15.2. The van der Waals surface area contributed by atoms with Crippen LogP contribution in [-0.4, -0.2) is 26.7 Å². The molecule has 112 valence electrons. The Balaban J connectivity index is 1.86. The third-order valence-electron chi connectivity index (χ3n) is 3.16. The average Bonchev–Trinajstić information content (AvgIpc) is 2.94. The minimum atomic E-state index is -0.0680. The number of carbonyl (C=O) groups is 1. The molecule has 0 fully saturated rings. The summed E-state index contributed by atoms with van der Waals surface area (Å²) < 4.78 is 1.75. The number of hydrogen-bond donors (Lipinski definition) is 2. The Morgan fingerprint density at radius 1 is 1.38 bits per heavy atom. The van der Waals surface area contributed by atoms with E-state index < -0.39 is 0 Å². The Labute approximate surface area is 124 Å². The molecule has 6 nitrogen and oxygen atoms in total. The molecule has 0 saturated carbocycles. The van der Waals surface area contributed by atoms with Crippen LogP contribution in [0, 0.1) is 0 Å². The van der Waals surface area contributed by atoms with Gasteiger partial charge in [-0.3, -0.25) is 4.79 Å². The number of hydrogen-bond acceptors (Lipinski definition) is 4. The van der Waals surface area contributed by atoms with Crippen molar-refractivity contribution in [2.24, 2.45) is 5.73 Å². The second-order valence-electron chi connectivity index (χ2n) is 5.09. The average molecular weight is 287 g/mol.